The minimum Gasteiger partial charge on any atom is -0.489 e. The Kier molecular flexibility index (Phi) is 8.02. The number of nitrogens with one attached hydrogen (secondary N) is 1. The Labute approximate surface area is 160 Å². The minimum absolute atomic E-state index is 0.132. The molecule has 0 aliphatic heterocycles. The van der Waals surface area contributed by atoms with Crippen LogP contribution in [0.25, 0.3) is 0 Å². The van der Waals surface area contributed by atoms with Crippen molar-refractivity contribution in [3.05, 3.63) is 51.0 Å². The van der Waals surface area contributed by atoms with Gasteiger partial charge in [0.2, 0.25) is 5.88 Å². The van der Waals surface area contributed by atoms with Crippen molar-refractivity contribution in [1.29, 1.82) is 0 Å². The number of ether oxygens (including phenoxy) is 2. The Morgan fingerprint density at radius 2 is 2.04 bits per heavy atom. The van der Waals surface area contributed by atoms with E-state index in [1.54, 1.807) is 6.20 Å². The first-order chi connectivity index (χ1) is 11.6. The molecular formula is C18H22Br2N2O2. The Morgan fingerprint density at radius 1 is 1.21 bits per heavy atom. The lowest BCUT2D eigenvalue weighted by Gasteiger charge is -2.17. The zero-order valence-corrected chi connectivity index (χ0v) is 17.1. The molecule has 4 nitrogen and oxygen atoms in total. The van der Waals surface area contributed by atoms with Crippen molar-refractivity contribution in [2.75, 3.05) is 13.2 Å². The molecule has 24 heavy (non-hydrogen) atoms. The van der Waals surface area contributed by atoms with Crippen molar-refractivity contribution >= 4 is 31.9 Å². The van der Waals surface area contributed by atoms with Crippen LogP contribution in [0.3, 0.4) is 0 Å². The van der Waals surface area contributed by atoms with E-state index in [9.17, 15) is 0 Å². The average molecular weight is 458 g/mol. The molecule has 6 heteroatoms. The first-order valence-electron chi connectivity index (χ1n) is 7.95. The molecule has 130 valence electrons. The molecule has 0 unspecified atom stereocenters. The van der Waals surface area contributed by atoms with Crippen LogP contribution in [0, 0.1) is 0 Å². The van der Waals surface area contributed by atoms with Crippen LogP contribution in [0.1, 0.15) is 25.8 Å². The van der Waals surface area contributed by atoms with Crippen molar-refractivity contribution in [1.82, 2.24) is 10.3 Å². The van der Waals surface area contributed by atoms with Crippen LogP contribution in [-0.2, 0) is 6.54 Å². The van der Waals surface area contributed by atoms with Gasteiger partial charge in [-0.15, -0.1) is 0 Å². The Bertz CT molecular complexity index is 636. The predicted molar refractivity (Wildman–Crippen MR) is 104 cm³/mol. The maximum Gasteiger partial charge on any atom is 0.213 e. The topological polar surface area (TPSA) is 43.4 Å². The number of aromatic nitrogens is 1. The third kappa shape index (κ3) is 6.42. The molecule has 1 aromatic heterocycles. The van der Waals surface area contributed by atoms with Crippen LogP contribution in [0.4, 0.5) is 0 Å². The molecule has 1 N–H and O–H groups in total. The maximum absolute atomic E-state index is 5.93. The molecule has 0 spiro atoms. The predicted octanol–water partition coefficient (Wildman–Crippen LogP) is 4.95. The van der Waals surface area contributed by atoms with Crippen LogP contribution in [0.2, 0.25) is 0 Å². The molecule has 0 radical (unpaired) electrons. The lowest BCUT2D eigenvalue weighted by Crippen LogP contribution is -2.18. The zero-order valence-electron chi connectivity index (χ0n) is 13.9. The fraction of sp³-hybridized carbons (Fsp3) is 0.389. The summed E-state index contributed by atoms with van der Waals surface area (Å²) in [5.41, 5.74) is 1.12. The fourth-order valence-electron chi connectivity index (χ4n) is 2.14. The maximum atomic E-state index is 5.93. The van der Waals surface area contributed by atoms with Gasteiger partial charge in [-0.2, -0.15) is 0 Å². The van der Waals surface area contributed by atoms with E-state index in [1.165, 1.54) is 0 Å². The highest BCUT2D eigenvalue weighted by molar-refractivity contribution is 9.11. The highest BCUT2D eigenvalue weighted by Crippen LogP contribution is 2.33. The average Bonchev–Trinajstić information content (AvgIpc) is 2.54. The van der Waals surface area contributed by atoms with Gasteiger partial charge in [0.15, 0.2) is 0 Å². The van der Waals surface area contributed by atoms with Gasteiger partial charge >= 0.3 is 0 Å². The molecule has 1 heterocycles. The van der Waals surface area contributed by atoms with Gasteiger partial charge in [-0.05, 0) is 60.9 Å². The van der Waals surface area contributed by atoms with E-state index in [2.05, 4.69) is 48.2 Å². The molecule has 2 aromatic rings. The molecule has 0 amide bonds. The summed E-state index contributed by atoms with van der Waals surface area (Å²) in [6, 6.07) is 9.74. The normalized spacial score (nSPS) is 10.9. The number of hydrogen-bond acceptors (Lipinski definition) is 4. The Morgan fingerprint density at radius 3 is 2.75 bits per heavy atom. The summed E-state index contributed by atoms with van der Waals surface area (Å²) < 4.78 is 13.5. The minimum atomic E-state index is 0.132. The van der Waals surface area contributed by atoms with Crippen molar-refractivity contribution in [3.63, 3.8) is 0 Å². The third-order valence-corrected chi connectivity index (χ3v) is 4.19. The lowest BCUT2D eigenvalue weighted by atomic mass is 10.2. The van der Waals surface area contributed by atoms with Crippen molar-refractivity contribution in [2.45, 2.75) is 32.9 Å². The van der Waals surface area contributed by atoms with Crippen LogP contribution in [0.5, 0.6) is 11.6 Å². The molecule has 0 saturated heterocycles. The second-order valence-corrected chi connectivity index (χ2v) is 7.36. The second kappa shape index (κ2) is 10.0. The summed E-state index contributed by atoms with van der Waals surface area (Å²) in [6.07, 6.45) is 2.77. The van der Waals surface area contributed by atoms with Gasteiger partial charge < -0.3 is 14.8 Å². The number of rotatable bonds is 9. The van der Waals surface area contributed by atoms with Gasteiger partial charge in [-0.3, -0.25) is 0 Å². The highest BCUT2D eigenvalue weighted by atomic mass is 79.9. The van der Waals surface area contributed by atoms with E-state index >= 15 is 0 Å². The van der Waals surface area contributed by atoms with Gasteiger partial charge in [0.05, 0.1) is 17.2 Å². The van der Waals surface area contributed by atoms with E-state index in [1.807, 2.05) is 38.1 Å². The van der Waals surface area contributed by atoms with Crippen LogP contribution >= 0.6 is 31.9 Å². The van der Waals surface area contributed by atoms with Gasteiger partial charge in [-0.1, -0.05) is 22.0 Å². The van der Waals surface area contributed by atoms with Crippen LogP contribution in [-0.4, -0.2) is 24.2 Å². The van der Waals surface area contributed by atoms with E-state index in [-0.39, 0.29) is 6.10 Å². The molecule has 0 aliphatic carbocycles. The summed E-state index contributed by atoms with van der Waals surface area (Å²) in [4.78, 5) is 4.13. The summed E-state index contributed by atoms with van der Waals surface area (Å²) in [5.74, 6) is 1.56. The SMILES string of the molecule is CC(C)Oc1c(Br)cc(Br)cc1CNCCCOc1ccccn1. The number of benzene rings is 1. The Hall–Kier alpha value is -1.11. The van der Waals surface area contributed by atoms with Crippen molar-refractivity contribution < 1.29 is 9.47 Å². The monoisotopic (exact) mass is 456 g/mol. The standard InChI is InChI=1S/C18H22Br2N2O2/c1-13(2)24-18-14(10-15(19)11-16(18)20)12-21-7-5-9-23-17-6-3-4-8-22-17/h3-4,6,8,10-11,13,21H,5,7,9,12H2,1-2H3. The summed E-state index contributed by atoms with van der Waals surface area (Å²) in [7, 11) is 0. The molecule has 2 rings (SSSR count). The summed E-state index contributed by atoms with van der Waals surface area (Å²) >= 11 is 7.11. The molecule has 0 atom stereocenters. The van der Waals surface area contributed by atoms with Gasteiger partial charge in [0, 0.05) is 28.8 Å². The van der Waals surface area contributed by atoms with Crippen molar-refractivity contribution in [3.8, 4) is 11.6 Å². The van der Waals surface area contributed by atoms with E-state index in [0.29, 0.717) is 12.5 Å². The van der Waals surface area contributed by atoms with E-state index < -0.39 is 0 Å². The Balaban J connectivity index is 1.79. The highest BCUT2D eigenvalue weighted by Gasteiger charge is 2.11. The van der Waals surface area contributed by atoms with Crippen molar-refractivity contribution in [2.24, 2.45) is 0 Å². The smallest absolute Gasteiger partial charge is 0.213 e. The van der Waals surface area contributed by atoms with Gasteiger partial charge in [-0.25, -0.2) is 4.98 Å². The summed E-state index contributed by atoms with van der Waals surface area (Å²) in [5, 5.41) is 3.43. The quantitative estimate of drug-likeness (QED) is 0.541. The van der Waals surface area contributed by atoms with E-state index in [0.717, 1.165) is 39.8 Å². The zero-order chi connectivity index (χ0) is 17.4. The van der Waals surface area contributed by atoms with Gasteiger partial charge in [0.1, 0.15) is 5.75 Å². The summed E-state index contributed by atoms with van der Waals surface area (Å²) in [6.45, 7) is 6.30. The first-order valence-corrected chi connectivity index (χ1v) is 9.54. The van der Waals surface area contributed by atoms with Crippen LogP contribution < -0.4 is 14.8 Å². The number of nitrogens with zero attached hydrogens (tertiary/aromatic N) is 1. The lowest BCUT2D eigenvalue weighted by molar-refractivity contribution is 0.237. The molecule has 0 bridgehead atoms. The first kappa shape index (κ1) is 19.2. The third-order valence-electron chi connectivity index (χ3n) is 3.14. The van der Waals surface area contributed by atoms with Gasteiger partial charge in [0.25, 0.3) is 0 Å². The molecular weight excluding hydrogens is 436 g/mol. The number of hydrogen-bond donors (Lipinski definition) is 1. The number of halogens is 2. The molecule has 1 aromatic carbocycles. The second-order valence-electron chi connectivity index (χ2n) is 5.59. The fourth-order valence-corrected chi connectivity index (χ4v) is 3.55. The number of pyridine rings is 1. The molecule has 0 saturated carbocycles. The molecule has 0 aliphatic rings. The molecule has 0 fully saturated rings. The van der Waals surface area contributed by atoms with E-state index in [4.69, 9.17) is 9.47 Å². The van der Waals surface area contributed by atoms with Crippen LogP contribution in [0.15, 0.2) is 45.5 Å². The largest absolute Gasteiger partial charge is 0.489 e.